The fourth-order valence-electron chi connectivity index (χ4n) is 3.47. The number of hydrogen-bond acceptors (Lipinski definition) is 5. The molecule has 0 radical (unpaired) electrons. The molecule has 0 bridgehead atoms. The van der Waals surface area contributed by atoms with Crippen LogP contribution in [-0.4, -0.2) is 49.2 Å². The molecule has 2 N–H and O–H groups in total. The number of halogens is 1. The molecule has 2 aromatic rings. The second kappa shape index (κ2) is 8.39. The number of carbonyl (C=O) groups is 2. The molecule has 1 atom stereocenters. The molecule has 29 heavy (non-hydrogen) atoms. The van der Waals surface area contributed by atoms with E-state index in [4.69, 9.17) is 21.1 Å². The number of nitrogens with zero attached hydrogens (tertiary/aromatic N) is 1. The summed E-state index contributed by atoms with van der Waals surface area (Å²) in [4.78, 5) is 28.9. The number of benzene rings is 1. The molecule has 8 heteroatoms. The number of aromatic nitrogens is 1. The third kappa shape index (κ3) is 4.21. The highest BCUT2D eigenvalue weighted by molar-refractivity contribution is 6.33. The molecule has 0 saturated carbocycles. The van der Waals surface area contributed by atoms with Crippen molar-refractivity contribution in [2.75, 3.05) is 26.4 Å². The Labute approximate surface area is 173 Å². The van der Waals surface area contributed by atoms with Crippen LogP contribution in [0.2, 0.25) is 5.02 Å². The fraction of sp³-hybridized carbons (Fsp3) is 0.381. The summed E-state index contributed by atoms with van der Waals surface area (Å²) in [5, 5.41) is 6.18. The Bertz CT molecular complexity index is 940. The zero-order valence-corrected chi connectivity index (χ0v) is 16.8. The van der Waals surface area contributed by atoms with Gasteiger partial charge < -0.3 is 20.1 Å². The standard InChI is InChI=1S/C21H22ClN3O4/c1-12-14(9-16-19(18(12)22)29-7-5-23-20(16)26)8-13-2-3-17(24-10-13)21(27)25-15-4-6-28-11-15/h2-3,9-10,15H,4-8,11H2,1H3,(H,23,26)(H,25,27). The monoisotopic (exact) mass is 415 g/mol. The van der Waals surface area contributed by atoms with Gasteiger partial charge in [0.25, 0.3) is 11.8 Å². The molecule has 0 spiro atoms. The number of fused-ring (bicyclic) bond motifs is 1. The van der Waals surface area contributed by atoms with E-state index >= 15 is 0 Å². The van der Waals surface area contributed by atoms with Crippen LogP contribution in [-0.2, 0) is 11.2 Å². The third-order valence-corrected chi connectivity index (χ3v) is 5.62. The highest BCUT2D eigenvalue weighted by atomic mass is 35.5. The second-order valence-electron chi connectivity index (χ2n) is 7.22. The summed E-state index contributed by atoms with van der Waals surface area (Å²) in [6, 6.07) is 5.43. The normalized spacial score (nSPS) is 18.4. The van der Waals surface area contributed by atoms with Crippen molar-refractivity contribution in [2.45, 2.75) is 25.8 Å². The molecular formula is C21H22ClN3O4. The van der Waals surface area contributed by atoms with Gasteiger partial charge in [0, 0.05) is 12.8 Å². The fourth-order valence-corrected chi connectivity index (χ4v) is 3.75. The van der Waals surface area contributed by atoms with Crippen molar-refractivity contribution in [3.8, 4) is 5.75 Å². The zero-order valence-electron chi connectivity index (χ0n) is 16.1. The quantitative estimate of drug-likeness (QED) is 0.799. The smallest absolute Gasteiger partial charge is 0.270 e. The summed E-state index contributed by atoms with van der Waals surface area (Å²) in [6.07, 6.45) is 3.03. The van der Waals surface area contributed by atoms with E-state index in [0.717, 1.165) is 23.1 Å². The first-order chi connectivity index (χ1) is 14.0. The Hall–Kier alpha value is -2.64. The van der Waals surface area contributed by atoms with Gasteiger partial charge in [-0.05, 0) is 48.6 Å². The van der Waals surface area contributed by atoms with E-state index in [9.17, 15) is 9.59 Å². The van der Waals surface area contributed by atoms with Crippen molar-refractivity contribution >= 4 is 23.4 Å². The minimum atomic E-state index is -0.204. The van der Waals surface area contributed by atoms with E-state index < -0.39 is 0 Å². The maximum Gasteiger partial charge on any atom is 0.270 e. The van der Waals surface area contributed by atoms with Crippen molar-refractivity contribution in [1.82, 2.24) is 15.6 Å². The summed E-state index contributed by atoms with van der Waals surface area (Å²) < 4.78 is 10.9. The summed E-state index contributed by atoms with van der Waals surface area (Å²) in [7, 11) is 0. The lowest BCUT2D eigenvalue weighted by Crippen LogP contribution is -2.35. The Morgan fingerprint density at radius 2 is 2.24 bits per heavy atom. The Morgan fingerprint density at radius 1 is 1.38 bits per heavy atom. The number of rotatable bonds is 4. The van der Waals surface area contributed by atoms with Gasteiger partial charge in [0.1, 0.15) is 12.3 Å². The van der Waals surface area contributed by atoms with Crippen LogP contribution in [0.15, 0.2) is 24.4 Å². The van der Waals surface area contributed by atoms with E-state index in [-0.39, 0.29) is 17.9 Å². The van der Waals surface area contributed by atoms with Gasteiger partial charge in [-0.1, -0.05) is 17.7 Å². The molecule has 4 rings (SSSR count). The predicted molar refractivity (Wildman–Crippen MR) is 108 cm³/mol. The summed E-state index contributed by atoms with van der Waals surface area (Å²) >= 11 is 6.48. The van der Waals surface area contributed by atoms with Crippen molar-refractivity contribution in [3.63, 3.8) is 0 Å². The van der Waals surface area contributed by atoms with Gasteiger partial charge in [0.15, 0.2) is 5.75 Å². The maximum absolute atomic E-state index is 12.3. The van der Waals surface area contributed by atoms with Crippen molar-refractivity contribution in [1.29, 1.82) is 0 Å². The molecule has 1 unspecified atom stereocenters. The number of hydrogen-bond donors (Lipinski definition) is 2. The van der Waals surface area contributed by atoms with Crippen LogP contribution in [0.1, 0.15) is 44.0 Å². The lowest BCUT2D eigenvalue weighted by molar-refractivity contribution is 0.0923. The van der Waals surface area contributed by atoms with E-state index in [1.54, 1.807) is 12.3 Å². The van der Waals surface area contributed by atoms with Crippen LogP contribution in [0.4, 0.5) is 0 Å². The molecule has 152 valence electrons. The van der Waals surface area contributed by atoms with Crippen LogP contribution in [0.25, 0.3) is 0 Å². The molecule has 1 saturated heterocycles. The lowest BCUT2D eigenvalue weighted by atomic mass is 9.97. The largest absolute Gasteiger partial charge is 0.489 e. The minimum Gasteiger partial charge on any atom is -0.489 e. The van der Waals surface area contributed by atoms with Gasteiger partial charge in [-0.2, -0.15) is 0 Å². The average molecular weight is 416 g/mol. The summed E-state index contributed by atoms with van der Waals surface area (Å²) in [5.41, 5.74) is 3.50. The minimum absolute atomic E-state index is 0.0433. The summed E-state index contributed by atoms with van der Waals surface area (Å²) in [5.74, 6) is 0.0377. The highest BCUT2D eigenvalue weighted by Crippen LogP contribution is 2.36. The molecular weight excluding hydrogens is 394 g/mol. The topological polar surface area (TPSA) is 89.6 Å². The molecule has 1 aromatic carbocycles. The van der Waals surface area contributed by atoms with Crippen molar-refractivity contribution < 1.29 is 19.1 Å². The first kappa shape index (κ1) is 19.7. The molecule has 1 aromatic heterocycles. The number of nitrogens with one attached hydrogen (secondary N) is 2. The van der Waals surface area contributed by atoms with E-state index in [1.165, 1.54) is 0 Å². The van der Waals surface area contributed by atoms with Gasteiger partial charge in [-0.3, -0.25) is 14.6 Å². The zero-order chi connectivity index (χ0) is 20.4. The maximum atomic E-state index is 12.3. The van der Waals surface area contributed by atoms with Crippen LogP contribution >= 0.6 is 11.6 Å². The van der Waals surface area contributed by atoms with Gasteiger partial charge in [-0.25, -0.2) is 0 Å². The number of carbonyl (C=O) groups excluding carboxylic acids is 2. The number of pyridine rings is 1. The van der Waals surface area contributed by atoms with E-state index in [1.807, 2.05) is 19.1 Å². The first-order valence-corrected chi connectivity index (χ1v) is 9.97. The second-order valence-corrected chi connectivity index (χ2v) is 7.60. The molecule has 0 aliphatic carbocycles. The highest BCUT2D eigenvalue weighted by Gasteiger charge is 2.23. The molecule has 7 nitrogen and oxygen atoms in total. The third-order valence-electron chi connectivity index (χ3n) is 5.17. The van der Waals surface area contributed by atoms with Crippen molar-refractivity contribution in [3.05, 3.63) is 57.4 Å². The molecule has 1 fully saturated rings. The Morgan fingerprint density at radius 3 is 2.97 bits per heavy atom. The van der Waals surface area contributed by atoms with E-state index in [2.05, 4.69) is 15.6 Å². The molecule has 3 heterocycles. The van der Waals surface area contributed by atoms with Crippen molar-refractivity contribution in [2.24, 2.45) is 0 Å². The molecule has 2 aliphatic rings. The van der Waals surface area contributed by atoms with Crippen LogP contribution in [0.3, 0.4) is 0 Å². The number of amides is 2. The number of ether oxygens (including phenoxy) is 2. The van der Waals surface area contributed by atoms with E-state index in [0.29, 0.717) is 54.8 Å². The predicted octanol–water partition coefficient (Wildman–Crippen LogP) is 2.28. The first-order valence-electron chi connectivity index (χ1n) is 9.59. The molecule has 2 aliphatic heterocycles. The van der Waals surface area contributed by atoms with Gasteiger partial charge in [0.2, 0.25) is 0 Å². The average Bonchev–Trinajstić information content (AvgIpc) is 3.16. The lowest BCUT2D eigenvalue weighted by Gasteiger charge is -2.15. The van der Waals surface area contributed by atoms with Crippen LogP contribution in [0, 0.1) is 6.92 Å². The summed E-state index contributed by atoms with van der Waals surface area (Å²) in [6.45, 7) is 3.95. The SMILES string of the molecule is Cc1c(Cc2ccc(C(=O)NC3CCOC3)nc2)cc2c(c1Cl)OCCNC2=O. The van der Waals surface area contributed by atoms with Crippen LogP contribution < -0.4 is 15.4 Å². The Balaban J connectivity index is 1.52. The molecule has 2 amide bonds. The van der Waals surface area contributed by atoms with Crippen LogP contribution in [0.5, 0.6) is 5.75 Å². The van der Waals surface area contributed by atoms with Gasteiger partial charge >= 0.3 is 0 Å². The van der Waals surface area contributed by atoms with Gasteiger partial charge in [0.05, 0.1) is 29.8 Å². The van der Waals surface area contributed by atoms with Gasteiger partial charge in [-0.15, -0.1) is 0 Å². The Kier molecular flexibility index (Phi) is 5.69.